The lowest BCUT2D eigenvalue weighted by atomic mass is 9.91. The number of hydrogen-bond donors (Lipinski definition) is 4. The van der Waals surface area contributed by atoms with Gasteiger partial charge in [-0.25, -0.2) is 0 Å². The molecule has 4 N–H and O–H groups in total. The van der Waals surface area contributed by atoms with E-state index in [9.17, 15) is 20.4 Å². The highest BCUT2D eigenvalue weighted by Crippen LogP contribution is 2.39. The molecular weight excluding hydrogens is 402 g/mol. The third-order valence-electron chi connectivity index (χ3n) is 6.05. The van der Waals surface area contributed by atoms with Crippen LogP contribution in [0.25, 0.3) is 11.0 Å². The number of nitrogens with zero attached hydrogens (tertiary/aromatic N) is 1. The van der Waals surface area contributed by atoms with E-state index in [0.717, 1.165) is 28.8 Å². The Morgan fingerprint density at radius 2 is 1.84 bits per heavy atom. The molecule has 8 nitrogen and oxygen atoms in total. The van der Waals surface area contributed by atoms with Crippen LogP contribution in [0.15, 0.2) is 53.1 Å². The Hall–Kier alpha value is -2.62. The number of aliphatic hydroxyl groups is 4. The van der Waals surface area contributed by atoms with E-state index in [1.54, 1.807) is 12.3 Å². The van der Waals surface area contributed by atoms with Crippen LogP contribution in [0.5, 0.6) is 5.75 Å². The van der Waals surface area contributed by atoms with E-state index in [4.69, 9.17) is 13.9 Å². The number of rotatable bonds is 4. The summed E-state index contributed by atoms with van der Waals surface area (Å²) in [5, 5.41) is 41.0. The van der Waals surface area contributed by atoms with E-state index in [-0.39, 0.29) is 0 Å². The fraction of sp³-hybridized carbons (Fsp3) is 0.391. The van der Waals surface area contributed by atoms with Gasteiger partial charge < -0.3 is 39.2 Å². The first-order valence-electron chi connectivity index (χ1n) is 10.3. The largest absolute Gasteiger partial charge is 0.490 e. The molecule has 0 aliphatic carbocycles. The fourth-order valence-electron chi connectivity index (χ4n) is 4.35. The van der Waals surface area contributed by atoms with Gasteiger partial charge >= 0.3 is 0 Å². The third kappa shape index (κ3) is 3.66. The van der Waals surface area contributed by atoms with E-state index in [1.165, 1.54) is 0 Å². The van der Waals surface area contributed by atoms with Gasteiger partial charge in [-0.2, -0.15) is 0 Å². The summed E-state index contributed by atoms with van der Waals surface area (Å²) < 4.78 is 17.0. The smallest absolute Gasteiger partial charge is 0.143 e. The predicted molar refractivity (Wildman–Crippen MR) is 112 cm³/mol. The van der Waals surface area contributed by atoms with Crippen molar-refractivity contribution in [1.82, 2.24) is 0 Å². The number of hydrogen-bond acceptors (Lipinski definition) is 8. The van der Waals surface area contributed by atoms with Gasteiger partial charge in [-0.3, -0.25) is 0 Å². The Balaban J connectivity index is 1.39. The summed E-state index contributed by atoms with van der Waals surface area (Å²) in [5.74, 6) is 0.657. The van der Waals surface area contributed by atoms with Crippen LogP contribution in [0.2, 0.25) is 0 Å². The highest BCUT2D eigenvalue weighted by atomic mass is 16.5. The van der Waals surface area contributed by atoms with Crippen molar-refractivity contribution >= 4 is 16.7 Å². The van der Waals surface area contributed by atoms with E-state index in [1.807, 2.05) is 30.3 Å². The Morgan fingerprint density at radius 3 is 2.68 bits per heavy atom. The molecule has 2 aliphatic rings. The molecule has 1 aromatic heterocycles. The molecule has 0 amide bonds. The summed E-state index contributed by atoms with van der Waals surface area (Å²) in [6.07, 6.45) is -4.27. The average molecular weight is 427 g/mol. The average Bonchev–Trinajstić information content (AvgIpc) is 3.25. The molecule has 3 heterocycles. The predicted octanol–water partition coefficient (Wildman–Crippen LogP) is 1.35. The topological polar surface area (TPSA) is 116 Å². The molecule has 2 aliphatic heterocycles. The second kappa shape index (κ2) is 8.14. The molecular formula is C23H25NO7. The summed E-state index contributed by atoms with van der Waals surface area (Å²) in [4.78, 5) is 2.22. The van der Waals surface area contributed by atoms with Gasteiger partial charge in [-0.1, -0.05) is 12.1 Å². The van der Waals surface area contributed by atoms with E-state index < -0.39 is 37.1 Å². The number of ether oxygens (including phenoxy) is 2. The standard InChI is InChI=1S/C23H25NO7/c25-12-19-20(26)21(27)22(28)23(31-19)15-2-3-16-18(10-15)30-8-6-24(16)11-13-1-4-17-14(9-13)5-7-29-17/h1-5,7,9-10,19-23,25-28H,6,8,11-12H2/t19-,20-,21+,22-,23+/m1/s1. The second-order valence-electron chi connectivity index (χ2n) is 8.04. The van der Waals surface area contributed by atoms with Crippen LogP contribution in [-0.4, -0.2) is 64.6 Å². The fourth-order valence-corrected chi connectivity index (χ4v) is 4.35. The molecule has 0 unspecified atom stereocenters. The summed E-state index contributed by atoms with van der Waals surface area (Å²) in [6.45, 7) is 1.49. The molecule has 164 valence electrons. The van der Waals surface area contributed by atoms with Crippen molar-refractivity contribution < 1.29 is 34.3 Å². The number of furan rings is 1. The zero-order valence-corrected chi connectivity index (χ0v) is 16.8. The Morgan fingerprint density at radius 1 is 0.968 bits per heavy atom. The maximum atomic E-state index is 10.4. The summed E-state index contributed by atoms with van der Waals surface area (Å²) >= 11 is 0. The molecule has 1 fully saturated rings. The maximum Gasteiger partial charge on any atom is 0.143 e. The molecule has 8 heteroatoms. The van der Waals surface area contributed by atoms with Gasteiger partial charge in [-0.15, -0.1) is 0 Å². The number of fused-ring (bicyclic) bond motifs is 2. The van der Waals surface area contributed by atoms with E-state index in [0.29, 0.717) is 24.5 Å². The summed E-state index contributed by atoms with van der Waals surface area (Å²) in [7, 11) is 0. The van der Waals surface area contributed by atoms with Gasteiger partial charge in [0.15, 0.2) is 0 Å². The van der Waals surface area contributed by atoms with Gasteiger partial charge in [0, 0.05) is 11.9 Å². The maximum absolute atomic E-state index is 10.4. The summed E-state index contributed by atoms with van der Waals surface area (Å²) in [6, 6.07) is 13.6. The van der Waals surface area contributed by atoms with Crippen molar-refractivity contribution in [3.8, 4) is 5.75 Å². The number of anilines is 1. The van der Waals surface area contributed by atoms with Crippen molar-refractivity contribution in [2.75, 3.05) is 24.7 Å². The minimum atomic E-state index is -1.41. The van der Waals surface area contributed by atoms with Gasteiger partial charge in [0.05, 0.1) is 25.1 Å². The van der Waals surface area contributed by atoms with Crippen molar-refractivity contribution in [3.63, 3.8) is 0 Å². The highest BCUT2D eigenvalue weighted by Gasteiger charge is 2.44. The van der Waals surface area contributed by atoms with Gasteiger partial charge in [0.1, 0.15) is 48.5 Å². The normalized spacial score (nSPS) is 28.4. The zero-order valence-electron chi connectivity index (χ0n) is 16.8. The van der Waals surface area contributed by atoms with E-state index >= 15 is 0 Å². The molecule has 2 aromatic carbocycles. The highest BCUT2D eigenvalue weighted by molar-refractivity contribution is 5.77. The van der Waals surface area contributed by atoms with Crippen molar-refractivity contribution in [2.24, 2.45) is 0 Å². The van der Waals surface area contributed by atoms with Crippen LogP contribution in [0, 0.1) is 0 Å². The molecule has 5 rings (SSSR count). The van der Waals surface area contributed by atoms with Crippen LogP contribution in [0.3, 0.4) is 0 Å². The lowest BCUT2D eigenvalue weighted by molar-refractivity contribution is -0.231. The molecule has 5 atom stereocenters. The number of aliphatic hydroxyl groups excluding tert-OH is 4. The van der Waals surface area contributed by atoms with Crippen molar-refractivity contribution in [2.45, 2.75) is 37.1 Å². The van der Waals surface area contributed by atoms with Gasteiger partial charge in [0.25, 0.3) is 0 Å². The zero-order chi connectivity index (χ0) is 21.5. The Labute approximate surface area is 178 Å². The van der Waals surface area contributed by atoms with Gasteiger partial charge in [-0.05, 0) is 41.5 Å². The lowest BCUT2D eigenvalue weighted by Gasteiger charge is -2.40. The minimum Gasteiger partial charge on any atom is -0.490 e. The summed E-state index contributed by atoms with van der Waals surface area (Å²) in [5.41, 5.74) is 3.54. The van der Waals surface area contributed by atoms with Crippen LogP contribution >= 0.6 is 0 Å². The van der Waals surface area contributed by atoms with Crippen molar-refractivity contribution in [1.29, 1.82) is 0 Å². The number of benzene rings is 2. The van der Waals surface area contributed by atoms with Crippen LogP contribution in [-0.2, 0) is 11.3 Å². The Bertz CT molecular complexity index is 1070. The van der Waals surface area contributed by atoms with Crippen LogP contribution in [0.1, 0.15) is 17.2 Å². The lowest BCUT2D eigenvalue weighted by Crippen LogP contribution is -2.55. The van der Waals surface area contributed by atoms with Crippen LogP contribution < -0.4 is 9.64 Å². The molecule has 0 spiro atoms. The molecule has 0 radical (unpaired) electrons. The van der Waals surface area contributed by atoms with E-state index in [2.05, 4.69) is 11.0 Å². The van der Waals surface area contributed by atoms with Crippen molar-refractivity contribution in [3.05, 3.63) is 59.9 Å². The second-order valence-corrected chi connectivity index (χ2v) is 8.04. The molecule has 0 saturated carbocycles. The molecule has 31 heavy (non-hydrogen) atoms. The first kappa shape index (κ1) is 20.3. The van der Waals surface area contributed by atoms with Crippen LogP contribution in [0.4, 0.5) is 5.69 Å². The minimum absolute atomic E-state index is 0.461. The third-order valence-corrected chi connectivity index (χ3v) is 6.05. The molecule has 0 bridgehead atoms. The monoisotopic (exact) mass is 427 g/mol. The first-order chi connectivity index (χ1) is 15.0. The van der Waals surface area contributed by atoms with Gasteiger partial charge in [0.2, 0.25) is 0 Å². The molecule has 1 saturated heterocycles. The quantitative estimate of drug-likeness (QED) is 0.493. The Kier molecular flexibility index (Phi) is 5.33. The first-order valence-corrected chi connectivity index (χ1v) is 10.3. The SMILES string of the molecule is OC[C@H]1O[C@@H](c2ccc3c(c2)OCCN3Cc2ccc3occc3c2)[C@H](O)[C@@H](O)[C@@H]1O. The molecule has 3 aromatic rings.